The monoisotopic (exact) mass is 208 g/mol. The smallest absolute Gasteiger partial charge is 0.0865 e. The Kier molecular flexibility index (Phi) is 3.88. The molecule has 0 saturated carbocycles. The van der Waals surface area contributed by atoms with Gasteiger partial charge in [-0.25, -0.2) is 0 Å². The number of ether oxygens (including phenoxy) is 1. The highest BCUT2D eigenvalue weighted by Gasteiger charge is 2.32. The Morgan fingerprint density at radius 2 is 2.25 bits per heavy atom. The average molecular weight is 209 g/mol. The summed E-state index contributed by atoms with van der Waals surface area (Å²) in [7, 11) is 0. The molecule has 0 aromatic rings. The van der Waals surface area contributed by atoms with E-state index in [0.29, 0.717) is 17.3 Å². The highest BCUT2D eigenvalue weighted by Crippen LogP contribution is 2.32. The molecule has 1 fully saturated rings. The van der Waals surface area contributed by atoms with Gasteiger partial charge < -0.3 is 4.74 Å². The van der Waals surface area contributed by atoms with Gasteiger partial charge in [0.15, 0.2) is 0 Å². The standard InChI is InChI=1S/C9H14Cl2O/c1-8(11)6-9(7-10)4-2-3-5-12-9/h1-7H2. The predicted octanol–water partition coefficient (Wildman–Crippen LogP) is 3.31. The second-order valence-corrected chi connectivity index (χ2v) is 4.12. The van der Waals surface area contributed by atoms with E-state index >= 15 is 0 Å². The number of hydrogen-bond acceptors (Lipinski definition) is 1. The third kappa shape index (κ3) is 2.65. The molecule has 1 rings (SSSR count). The van der Waals surface area contributed by atoms with Crippen molar-refractivity contribution in [2.45, 2.75) is 31.3 Å². The lowest BCUT2D eigenvalue weighted by Crippen LogP contribution is -2.38. The maximum absolute atomic E-state index is 5.86. The zero-order valence-electron chi connectivity index (χ0n) is 7.11. The molecule has 1 aliphatic heterocycles. The molecule has 0 aliphatic carbocycles. The van der Waals surface area contributed by atoms with Crippen LogP contribution in [0.25, 0.3) is 0 Å². The fourth-order valence-electron chi connectivity index (χ4n) is 1.55. The molecule has 0 amide bonds. The molecule has 1 heterocycles. The molecule has 0 N–H and O–H groups in total. The zero-order chi connectivity index (χ0) is 9.03. The summed E-state index contributed by atoms with van der Waals surface area (Å²) in [5.41, 5.74) is -0.224. The molecule has 0 aromatic carbocycles. The van der Waals surface area contributed by atoms with Gasteiger partial charge in [-0.3, -0.25) is 0 Å². The fourth-order valence-corrected chi connectivity index (χ4v) is 2.10. The van der Waals surface area contributed by atoms with Crippen LogP contribution in [-0.2, 0) is 4.74 Å². The van der Waals surface area contributed by atoms with Crippen molar-refractivity contribution in [2.75, 3.05) is 12.5 Å². The Hall–Kier alpha value is 0.280. The largest absolute Gasteiger partial charge is 0.373 e. The molecule has 1 unspecified atom stereocenters. The van der Waals surface area contributed by atoms with Crippen molar-refractivity contribution < 1.29 is 4.74 Å². The van der Waals surface area contributed by atoms with Crippen LogP contribution in [0.3, 0.4) is 0 Å². The van der Waals surface area contributed by atoms with Crippen molar-refractivity contribution in [3.05, 3.63) is 11.6 Å². The van der Waals surface area contributed by atoms with E-state index in [1.54, 1.807) is 0 Å². The van der Waals surface area contributed by atoms with Crippen molar-refractivity contribution in [2.24, 2.45) is 0 Å². The van der Waals surface area contributed by atoms with Crippen molar-refractivity contribution >= 4 is 23.2 Å². The van der Waals surface area contributed by atoms with Gasteiger partial charge in [0.05, 0.1) is 11.5 Å². The minimum Gasteiger partial charge on any atom is -0.373 e. The summed E-state index contributed by atoms with van der Waals surface area (Å²) in [5, 5.41) is 0.637. The molecule has 3 heteroatoms. The van der Waals surface area contributed by atoms with E-state index in [9.17, 15) is 0 Å². The Balaban J connectivity index is 2.53. The van der Waals surface area contributed by atoms with Crippen LogP contribution >= 0.6 is 23.2 Å². The second kappa shape index (κ2) is 4.50. The van der Waals surface area contributed by atoms with Gasteiger partial charge in [-0.05, 0) is 19.3 Å². The SMILES string of the molecule is C=C(Cl)CC1(CCl)CCCCO1. The van der Waals surface area contributed by atoms with Crippen LogP contribution in [0.15, 0.2) is 11.6 Å². The summed E-state index contributed by atoms with van der Waals surface area (Å²) in [6.07, 6.45) is 3.99. The van der Waals surface area contributed by atoms with Crippen LogP contribution in [0.1, 0.15) is 25.7 Å². The van der Waals surface area contributed by atoms with E-state index in [-0.39, 0.29) is 5.60 Å². The highest BCUT2D eigenvalue weighted by atomic mass is 35.5. The van der Waals surface area contributed by atoms with Gasteiger partial charge in [0.1, 0.15) is 0 Å². The molecule has 1 nitrogen and oxygen atoms in total. The zero-order valence-corrected chi connectivity index (χ0v) is 8.63. The minimum absolute atomic E-state index is 0.224. The first-order chi connectivity index (χ1) is 5.68. The van der Waals surface area contributed by atoms with Gasteiger partial charge in [0, 0.05) is 18.1 Å². The number of alkyl halides is 1. The van der Waals surface area contributed by atoms with Gasteiger partial charge in [0.2, 0.25) is 0 Å². The summed E-state index contributed by atoms with van der Waals surface area (Å²) in [6, 6.07) is 0. The fraction of sp³-hybridized carbons (Fsp3) is 0.778. The Labute approximate surface area is 83.7 Å². The van der Waals surface area contributed by atoms with E-state index in [1.165, 1.54) is 6.42 Å². The molecule has 0 aromatic heterocycles. The minimum atomic E-state index is -0.224. The maximum atomic E-state index is 5.86. The predicted molar refractivity (Wildman–Crippen MR) is 52.9 cm³/mol. The van der Waals surface area contributed by atoms with Crippen LogP contribution < -0.4 is 0 Å². The van der Waals surface area contributed by atoms with E-state index in [2.05, 4.69) is 6.58 Å². The van der Waals surface area contributed by atoms with Gasteiger partial charge in [-0.1, -0.05) is 18.2 Å². The van der Waals surface area contributed by atoms with E-state index in [0.717, 1.165) is 19.4 Å². The van der Waals surface area contributed by atoms with Gasteiger partial charge in [0.25, 0.3) is 0 Å². The lowest BCUT2D eigenvalue weighted by Gasteiger charge is -2.35. The molecule has 12 heavy (non-hydrogen) atoms. The lowest BCUT2D eigenvalue weighted by atomic mass is 9.92. The van der Waals surface area contributed by atoms with Crippen LogP contribution in [0.5, 0.6) is 0 Å². The second-order valence-electron chi connectivity index (χ2n) is 3.32. The van der Waals surface area contributed by atoms with Crippen LogP contribution in [0.4, 0.5) is 0 Å². The average Bonchev–Trinajstić information content (AvgIpc) is 2.05. The third-order valence-electron chi connectivity index (χ3n) is 2.19. The van der Waals surface area contributed by atoms with E-state index in [4.69, 9.17) is 27.9 Å². The molecular formula is C9H14Cl2O. The molecular weight excluding hydrogens is 195 g/mol. The number of halogens is 2. The van der Waals surface area contributed by atoms with Crippen molar-refractivity contribution in [3.8, 4) is 0 Å². The topological polar surface area (TPSA) is 9.23 Å². The van der Waals surface area contributed by atoms with Gasteiger partial charge in [-0.15, -0.1) is 11.6 Å². The van der Waals surface area contributed by atoms with Crippen LogP contribution in [-0.4, -0.2) is 18.1 Å². The maximum Gasteiger partial charge on any atom is 0.0865 e. The van der Waals surface area contributed by atoms with Crippen molar-refractivity contribution in [1.82, 2.24) is 0 Å². The Morgan fingerprint density at radius 1 is 1.50 bits per heavy atom. The quantitative estimate of drug-likeness (QED) is 0.648. The van der Waals surface area contributed by atoms with Crippen LogP contribution in [0, 0.1) is 0 Å². The first kappa shape index (κ1) is 10.4. The van der Waals surface area contributed by atoms with E-state index < -0.39 is 0 Å². The van der Waals surface area contributed by atoms with Crippen molar-refractivity contribution in [3.63, 3.8) is 0 Å². The van der Waals surface area contributed by atoms with E-state index in [1.807, 2.05) is 0 Å². The summed E-state index contributed by atoms with van der Waals surface area (Å²) >= 11 is 11.6. The van der Waals surface area contributed by atoms with Gasteiger partial charge in [-0.2, -0.15) is 0 Å². The number of hydrogen-bond donors (Lipinski definition) is 0. The molecule has 0 radical (unpaired) electrons. The highest BCUT2D eigenvalue weighted by molar-refractivity contribution is 6.29. The molecule has 70 valence electrons. The molecule has 1 saturated heterocycles. The first-order valence-corrected chi connectivity index (χ1v) is 5.13. The summed E-state index contributed by atoms with van der Waals surface area (Å²) in [5.74, 6) is 0.513. The Morgan fingerprint density at radius 3 is 2.67 bits per heavy atom. The molecule has 1 aliphatic rings. The summed E-state index contributed by atoms with van der Waals surface area (Å²) in [4.78, 5) is 0. The Bertz CT molecular complexity index is 162. The molecule has 0 bridgehead atoms. The van der Waals surface area contributed by atoms with Crippen molar-refractivity contribution in [1.29, 1.82) is 0 Å². The van der Waals surface area contributed by atoms with Gasteiger partial charge >= 0.3 is 0 Å². The normalized spacial score (nSPS) is 30.2. The molecule has 0 spiro atoms. The summed E-state index contributed by atoms with van der Waals surface area (Å²) < 4.78 is 5.65. The third-order valence-corrected chi connectivity index (χ3v) is 2.81. The summed E-state index contributed by atoms with van der Waals surface area (Å²) in [6.45, 7) is 4.47. The lowest BCUT2D eigenvalue weighted by molar-refractivity contribution is -0.0604. The number of rotatable bonds is 3. The molecule has 1 atom stereocenters. The first-order valence-electron chi connectivity index (χ1n) is 4.22. The van der Waals surface area contributed by atoms with Crippen LogP contribution in [0.2, 0.25) is 0 Å².